The van der Waals surface area contributed by atoms with Gasteiger partial charge in [-0.15, -0.1) is 0 Å². The first-order valence-corrected chi connectivity index (χ1v) is 6.40. The van der Waals surface area contributed by atoms with Crippen molar-refractivity contribution in [1.82, 2.24) is 10.3 Å². The number of aromatic nitrogens is 1. The van der Waals surface area contributed by atoms with Gasteiger partial charge in [0.15, 0.2) is 5.13 Å². The monoisotopic (exact) mass is 305 g/mol. The second-order valence-corrected chi connectivity index (χ2v) is 5.63. The molecular formula is C10H16BrN3OS. The van der Waals surface area contributed by atoms with Crippen LogP contribution in [0.3, 0.4) is 0 Å². The molecule has 0 saturated heterocycles. The molecule has 90 valence electrons. The molecule has 0 amide bonds. The second-order valence-electron chi connectivity index (χ2n) is 3.44. The summed E-state index contributed by atoms with van der Waals surface area (Å²) >= 11 is 4.93. The average molecular weight is 306 g/mol. The molecule has 0 fully saturated rings. The molecule has 1 N–H and O–H groups in total. The lowest BCUT2D eigenvalue weighted by atomic mass is 10.5. The smallest absolute Gasteiger partial charge is 0.230 e. The van der Waals surface area contributed by atoms with Crippen LogP contribution in [0.1, 0.15) is 4.88 Å². The molecule has 1 aromatic heterocycles. The highest BCUT2D eigenvalue weighted by Crippen LogP contribution is 2.30. The van der Waals surface area contributed by atoms with Gasteiger partial charge in [-0.3, -0.25) is 0 Å². The molecule has 0 aromatic carbocycles. The van der Waals surface area contributed by atoms with Crippen LogP contribution in [0.2, 0.25) is 0 Å². The van der Waals surface area contributed by atoms with Crippen LogP contribution in [0, 0.1) is 0 Å². The van der Waals surface area contributed by atoms with Gasteiger partial charge in [-0.25, -0.2) is 0 Å². The summed E-state index contributed by atoms with van der Waals surface area (Å²) in [7, 11) is 5.58. The minimum atomic E-state index is 0.696. The zero-order valence-electron chi connectivity index (χ0n) is 9.71. The molecule has 1 heterocycles. The summed E-state index contributed by atoms with van der Waals surface area (Å²) in [5.41, 5.74) is 0. The molecule has 4 nitrogen and oxygen atoms in total. The molecule has 0 unspecified atom stereocenters. The molecule has 0 atom stereocenters. The summed E-state index contributed by atoms with van der Waals surface area (Å²) in [6.45, 7) is 5.23. The molecule has 0 saturated carbocycles. The van der Waals surface area contributed by atoms with Crippen molar-refractivity contribution in [2.45, 2.75) is 6.54 Å². The van der Waals surface area contributed by atoms with Gasteiger partial charge in [-0.05, 0) is 0 Å². The van der Waals surface area contributed by atoms with Gasteiger partial charge >= 0.3 is 0 Å². The topological polar surface area (TPSA) is 37.4 Å². The quantitative estimate of drug-likeness (QED) is 0.874. The molecule has 6 heteroatoms. The van der Waals surface area contributed by atoms with E-state index in [9.17, 15) is 0 Å². The predicted octanol–water partition coefficient (Wildman–Crippen LogP) is 2.22. The molecule has 16 heavy (non-hydrogen) atoms. The van der Waals surface area contributed by atoms with Crippen LogP contribution in [-0.4, -0.2) is 32.7 Å². The Morgan fingerprint density at radius 1 is 1.62 bits per heavy atom. The van der Waals surface area contributed by atoms with E-state index in [1.807, 2.05) is 19.0 Å². The van der Waals surface area contributed by atoms with Crippen molar-refractivity contribution in [1.29, 1.82) is 0 Å². The van der Waals surface area contributed by atoms with Crippen molar-refractivity contribution in [3.8, 4) is 5.88 Å². The van der Waals surface area contributed by atoms with E-state index in [0.717, 1.165) is 27.6 Å². The van der Waals surface area contributed by atoms with E-state index in [2.05, 4.69) is 32.8 Å². The molecule has 0 aliphatic carbocycles. The number of halogens is 1. The van der Waals surface area contributed by atoms with Crippen molar-refractivity contribution < 1.29 is 4.74 Å². The summed E-state index contributed by atoms with van der Waals surface area (Å²) in [6.07, 6.45) is 0. The maximum Gasteiger partial charge on any atom is 0.230 e. The van der Waals surface area contributed by atoms with Crippen molar-refractivity contribution in [2.75, 3.05) is 32.6 Å². The highest BCUT2D eigenvalue weighted by atomic mass is 79.9. The maximum absolute atomic E-state index is 5.23. The zero-order valence-corrected chi connectivity index (χ0v) is 12.1. The van der Waals surface area contributed by atoms with Gasteiger partial charge in [0.25, 0.3) is 0 Å². The fourth-order valence-electron chi connectivity index (χ4n) is 1.10. The number of methoxy groups -OCH3 is 1. The van der Waals surface area contributed by atoms with Gasteiger partial charge in [0.1, 0.15) is 0 Å². The first-order chi connectivity index (χ1) is 7.54. The summed E-state index contributed by atoms with van der Waals surface area (Å²) in [6, 6.07) is 0. The van der Waals surface area contributed by atoms with E-state index in [1.54, 1.807) is 18.4 Å². The van der Waals surface area contributed by atoms with Crippen LogP contribution in [0.15, 0.2) is 11.1 Å². The van der Waals surface area contributed by atoms with Gasteiger partial charge in [-0.2, -0.15) is 4.98 Å². The summed E-state index contributed by atoms with van der Waals surface area (Å²) in [5, 5.41) is 4.20. The van der Waals surface area contributed by atoms with Crippen LogP contribution in [-0.2, 0) is 6.54 Å². The van der Waals surface area contributed by atoms with E-state index in [4.69, 9.17) is 4.74 Å². The molecule has 1 aromatic rings. The summed E-state index contributed by atoms with van der Waals surface area (Å²) < 4.78 is 6.17. The number of thiazole rings is 1. The Labute approximate surface area is 108 Å². The average Bonchev–Trinajstić information content (AvgIpc) is 2.60. The summed E-state index contributed by atoms with van der Waals surface area (Å²) in [5.74, 6) is 0.696. The van der Waals surface area contributed by atoms with Crippen LogP contribution in [0.5, 0.6) is 5.88 Å². The Balaban J connectivity index is 2.66. The van der Waals surface area contributed by atoms with Gasteiger partial charge in [0.2, 0.25) is 5.88 Å². The zero-order chi connectivity index (χ0) is 12.1. The Morgan fingerprint density at radius 3 is 2.81 bits per heavy atom. The van der Waals surface area contributed by atoms with E-state index >= 15 is 0 Å². The fourth-order valence-corrected chi connectivity index (χ4v) is 2.22. The Bertz CT molecular complexity index is 365. The molecular weight excluding hydrogens is 290 g/mol. The van der Waals surface area contributed by atoms with Crippen molar-refractivity contribution in [3.05, 3.63) is 15.9 Å². The van der Waals surface area contributed by atoms with E-state index < -0.39 is 0 Å². The van der Waals surface area contributed by atoms with Crippen LogP contribution in [0.4, 0.5) is 5.13 Å². The maximum atomic E-state index is 5.23. The number of nitrogens with one attached hydrogen (secondary N) is 1. The number of ether oxygens (including phenoxy) is 1. The highest BCUT2D eigenvalue weighted by Gasteiger charge is 2.12. The number of anilines is 1. The van der Waals surface area contributed by atoms with Crippen LogP contribution in [0.25, 0.3) is 0 Å². The third kappa shape index (κ3) is 3.77. The van der Waals surface area contributed by atoms with Gasteiger partial charge < -0.3 is 15.0 Å². The summed E-state index contributed by atoms with van der Waals surface area (Å²) in [4.78, 5) is 7.44. The standard InChI is InChI=1S/C10H16BrN3OS/c1-7(11)5-12-6-8-9(15-4)13-10(16-8)14(2)3/h12H,1,5-6H2,2-4H3. The SMILES string of the molecule is C=C(Br)CNCc1sc(N(C)C)nc1OC. The lowest BCUT2D eigenvalue weighted by Crippen LogP contribution is -2.14. The molecule has 0 radical (unpaired) electrons. The van der Waals surface area contributed by atoms with Gasteiger partial charge in [0, 0.05) is 31.7 Å². The Kier molecular flexibility index (Phi) is 5.24. The predicted molar refractivity (Wildman–Crippen MR) is 72.8 cm³/mol. The number of hydrogen-bond donors (Lipinski definition) is 1. The Hall–Kier alpha value is -0.590. The van der Waals surface area contributed by atoms with Crippen molar-refractivity contribution in [2.24, 2.45) is 0 Å². The first-order valence-electron chi connectivity index (χ1n) is 4.79. The molecule has 0 bridgehead atoms. The van der Waals surface area contributed by atoms with E-state index in [-0.39, 0.29) is 0 Å². The normalized spacial score (nSPS) is 10.2. The van der Waals surface area contributed by atoms with E-state index in [0.29, 0.717) is 5.88 Å². The first kappa shape index (κ1) is 13.5. The fraction of sp³-hybridized carbons (Fsp3) is 0.500. The molecule has 0 aliphatic rings. The number of hydrogen-bond acceptors (Lipinski definition) is 5. The lowest BCUT2D eigenvalue weighted by molar-refractivity contribution is 0.395. The second kappa shape index (κ2) is 6.22. The third-order valence-electron chi connectivity index (χ3n) is 1.83. The lowest BCUT2D eigenvalue weighted by Gasteiger charge is -2.05. The van der Waals surface area contributed by atoms with Gasteiger partial charge in [0.05, 0.1) is 12.0 Å². The molecule has 0 spiro atoms. The third-order valence-corrected chi connectivity index (χ3v) is 3.31. The van der Waals surface area contributed by atoms with Crippen LogP contribution < -0.4 is 15.0 Å². The number of rotatable bonds is 6. The van der Waals surface area contributed by atoms with E-state index in [1.165, 1.54) is 0 Å². The largest absolute Gasteiger partial charge is 0.480 e. The minimum absolute atomic E-state index is 0.696. The molecule has 0 aliphatic heterocycles. The molecule has 1 rings (SSSR count). The Morgan fingerprint density at radius 2 is 2.31 bits per heavy atom. The number of nitrogens with zero attached hydrogens (tertiary/aromatic N) is 2. The highest BCUT2D eigenvalue weighted by molar-refractivity contribution is 9.11. The minimum Gasteiger partial charge on any atom is -0.480 e. The van der Waals surface area contributed by atoms with Crippen molar-refractivity contribution in [3.63, 3.8) is 0 Å². The van der Waals surface area contributed by atoms with Crippen LogP contribution >= 0.6 is 27.3 Å². The van der Waals surface area contributed by atoms with Gasteiger partial charge in [-0.1, -0.05) is 33.8 Å². The van der Waals surface area contributed by atoms with Crippen molar-refractivity contribution >= 4 is 32.4 Å².